The van der Waals surface area contributed by atoms with Crippen LogP contribution in [-0.4, -0.2) is 40.5 Å². The average Bonchev–Trinajstić information content (AvgIpc) is 3.37. The number of carbonyl (C=O) groups is 1. The summed E-state index contributed by atoms with van der Waals surface area (Å²) in [5.41, 5.74) is 2.32. The van der Waals surface area contributed by atoms with Crippen LogP contribution in [0.5, 0.6) is 17.2 Å². The van der Waals surface area contributed by atoms with E-state index >= 15 is 0 Å². The Balaban J connectivity index is 1.55. The normalized spacial score (nSPS) is 11.2. The van der Waals surface area contributed by atoms with Crippen molar-refractivity contribution in [2.45, 2.75) is 11.8 Å². The van der Waals surface area contributed by atoms with Crippen molar-refractivity contribution in [2.75, 3.05) is 14.2 Å². The van der Waals surface area contributed by atoms with Crippen molar-refractivity contribution in [1.82, 2.24) is 15.2 Å². The van der Waals surface area contributed by atoms with E-state index in [1.54, 1.807) is 50.6 Å². The number of para-hydroxylation sites is 1. The van der Waals surface area contributed by atoms with Gasteiger partial charge in [-0.25, -0.2) is 9.78 Å². The molecule has 4 rings (SSSR count). The van der Waals surface area contributed by atoms with Crippen LogP contribution in [0.1, 0.15) is 11.1 Å². The highest BCUT2D eigenvalue weighted by molar-refractivity contribution is 9.10. The van der Waals surface area contributed by atoms with Crippen LogP contribution in [0.25, 0.3) is 17.5 Å². The van der Waals surface area contributed by atoms with Crippen LogP contribution >= 0.6 is 27.7 Å². The fraction of sp³-hybridized carbons (Fsp3) is 0.115. The maximum Gasteiger partial charge on any atom is 0.342 e. The molecule has 10 heteroatoms. The third kappa shape index (κ3) is 6.46. The number of hydrogen-bond donors (Lipinski definition) is 2. The van der Waals surface area contributed by atoms with Gasteiger partial charge in [0.2, 0.25) is 5.16 Å². The molecule has 0 unspecified atom stereocenters. The van der Waals surface area contributed by atoms with Crippen molar-refractivity contribution in [3.63, 3.8) is 0 Å². The Kier molecular flexibility index (Phi) is 8.29. The fourth-order valence-electron chi connectivity index (χ4n) is 3.21. The number of ether oxygens (including phenoxy) is 3. The number of thioether (sulfide) groups is 1. The molecule has 0 aliphatic carbocycles. The number of benzene rings is 3. The highest BCUT2D eigenvalue weighted by atomic mass is 79.9. The third-order valence-corrected chi connectivity index (χ3v) is 6.42. The maximum absolute atomic E-state index is 12.0. The van der Waals surface area contributed by atoms with E-state index in [0.29, 0.717) is 40.8 Å². The zero-order chi connectivity index (χ0) is 25.5. The number of H-pyrrole nitrogens is 1. The van der Waals surface area contributed by atoms with Crippen molar-refractivity contribution in [3.8, 4) is 28.6 Å². The molecule has 0 spiro atoms. The quantitative estimate of drug-likeness (QED) is 0.176. The van der Waals surface area contributed by atoms with E-state index in [9.17, 15) is 9.90 Å². The Hall–Kier alpha value is -3.76. The van der Waals surface area contributed by atoms with Crippen LogP contribution in [0.15, 0.2) is 81.3 Å². The lowest BCUT2D eigenvalue weighted by molar-refractivity contribution is -0.131. The lowest BCUT2D eigenvalue weighted by atomic mass is 10.2. The maximum atomic E-state index is 12.0. The van der Waals surface area contributed by atoms with Gasteiger partial charge in [-0.05, 0) is 53.7 Å². The van der Waals surface area contributed by atoms with E-state index in [0.717, 1.165) is 21.8 Å². The van der Waals surface area contributed by atoms with Gasteiger partial charge in [-0.3, -0.25) is 5.10 Å². The molecule has 4 aromatic rings. The molecular weight excluding hydrogens is 546 g/mol. The van der Waals surface area contributed by atoms with Gasteiger partial charge in [-0.2, -0.15) is 0 Å². The molecule has 0 radical (unpaired) electrons. The number of carboxylic acids is 1. The first kappa shape index (κ1) is 25.3. The standard InChI is InChI=1S/C26H22BrN3O5S/c1-33-20-11-18(12-21(14-20)34-2)24-28-26(30-29-24)36-23(25(31)32)13-17-5-3-4-6-22(17)35-15-16-7-9-19(27)10-8-16/h3-14H,15H2,1-2H3,(H,31,32)(H,28,29,30)/b23-13-. The first-order chi connectivity index (χ1) is 17.4. The Bertz CT molecular complexity index is 1370. The Morgan fingerprint density at radius 3 is 2.42 bits per heavy atom. The summed E-state index contributed by atoms with van der Waals surface area (Å²) in [4.78, 5) is 16.5. The number of aromatic amines is 1. The van der Waals surface area contributed by atoms with Gasteiger partial charge in [0.1, 0.15) is 28.8 Å². The van der Waals surface area contributed by atoms with Gasteiger partial charge in [-0.15, -0.1) is 5.10 Å². The molecule has 2 N–H and O–H groups in total. The van der Waals surface area contributed by atoms with Gasteiger partial charge < -0.3 is 19.3 Å². The number of aromatic nitrogens is 3. The predicted molar refractivity (Wildman–Crippen MR) is 141 cm³/mol. The third-order valence-electron chi connectivity index (χ3n) is 5.02. The first-order valence-electron chi connectivity index (χ1n) is 10.7. The van der Waals surface area contributed by atoms with E-state index in [-0.39, 0.29) is 10.1 Å². The van der Waals surface area contributed by atoms with Crippen molar-refractivity contribution in [3.05, 3.63) is 87.2 Å². The van der Waals surface area contributed by atoms with Gasteiger partial charge >= 0.3 is 5.97 Å². The first-order valence-corrected chi connectivity index (χ1v) is 12.3. The number of methoxy groups -OCH3 is 2. The van der Waals surface area contributed by atoms with Crippen LogP contribution in [0, 0.1) is 0 Å². The van der Waals surface area contributed by atoms with Crippen molar-refractivity contribution in [1.29, 1.82) is 0 Å². The van der Waals surface area contributed by atoms with E-state index in [4.69, 9.17) is 14.2 Å². The number of halogens is 1. The molecule has 1 heterocycles. The molecule has 0 saturated heterocycles. The molecule has 3 aromatic carbocycles. The van der Waals surface area contributed by atoms with Gasteiger partial charge in [0.15, 0.2) is 5.82 Å². The largest absolute Gasteiger partial charge is 0.497 e. The lowest BCUT2D eigenvalue weighted by Gasteiger charge is -2.10. The minimum Gasteiger partial charge on any atom is -0.497 e. The van der Waals surface area contributed by atoms with Crippen molar-refractivity contribution in [2.24, 2.45) is 0 Å². The van der Waals surface area contributed by atoms with E-state index in [1.807, 2.05) is 36.4 Å². The van der Waals surface area contributed by atoms with Crippen molar-refractivity contribution >= 4 is 39.7 Å². The number of hydrogen-bond acceptors (Lipinski definition) is 7. The van der Waals surface area contributed by atoms with E-state index in [2.05, 4.69) is 31.1 Å². The lowest BCUT2D eigenvalue weighted by Crippen LogP contribution is -1.99. The number of rotatable bonds is 10. The molecule has 0 fully saturated rings. The molecular formula is C26H22BrN3O5S. The Labute approximate surface area is 220 Å². The summed E-state index contributed by atoms with van der Waals surface area (Å²) in [6, 6.07) is 20.4. The van der Waals surface area contributed by atoms with Crippen LogP contribution < -0.4 is 14.2 Å². The van der Waals surface area contributed by atoms with Gasteiger partial charge in [0, 0.05) is 21.7 Å². The predicted octanol–water partition coefficient (Wildman–Crippen LogP) is 6.05. The number of nitrogens with zero attached hydrogens (tertiary/aromatic N) is 2. The smallest absolute Gasteiger partial charge is 0.342 e. The van der Waals surface area contributed by atoms with Crippen LogP contribution in [0.4, 0.5) is 0 Å². The number of aliphatic carboxylic acids is 1. The molecule has 1 aromatic heterocycles. The van der Waals surface area contributed by atoms with Crippen LogP contribution in [0.2, 0.25) is 0 Å². The summed E-state index contributed by atoms with van der Waals surface area (Å²) < 4.78 is 17.6. The topological polar surface area (TPSA) is 107 Å². The van der Waals surface area contributed by atoms with Gasteiger partial charge in [0.05, 0.1) is 14.2 Å². The summed E-state index contributed by atoms with van der Waals surface area (Å²) >= 11 is 4.35. The molecule has 0 amide bonds. The summed E-state index contributed by atoms with van der Waals surface area (Å²) in [7, 11) is 3.12. The molecule has 0 saturated carbocycles. The molecule has 0 aliphatic rings. The molecule has 8 nitrogen and oxygen atoms in total. The Morgan fingerprint density at radius 2 is 1.75 bits per heavy atom. The zero-order valence-corrected chi connectivity index (χ0v) is 21.8. The van der Waals surface area contributed by atoms with Crippen LogP contribution in [0.3, 0.4) is 0 Å². The van der Waals surface area contributed by atoms with Crippen LogP contribution in [-0.2, 0) is 11.4 Å². The minimum absolute atomic E-state index is 0.0449. The summed E-state index contributed by atoms with van der Waals surface area (Å²) in [6.07, 6.45) is 1.55. The minimum atomic E-state index is -1.10. The molecule has 36 heavy (non-hydrogen) atoms. The second kappa shape index (κ2) is 11.8. The highest BCUT2D eigenvalue weighted by Crippen LogP contribution is 2.32. The molecule has 0 aliphatic heterocycles. The number of carboxylic acid groups (broad SMARTS) is 1. The summed E-state index contributed by atoms with van der Waals surface area (Å²) in [5, 5.41) is 17.1. The van der Waals surface area contributed by atoms with Gasteiger partial charge in [0.25, 0.3) is 0 Å². The average molecular weight is 568 g/mol. The molecule has 184 valence electrons. The van der Waals surface area contributed by atoms with Crippen molar-refractivity contribution < 1.29 is 24.1 Å². The highest BCUT2D eigenvalue weighted by Gasteiger charge is 2.16. The number of nitrogens with one attached hydrogen (secondary N) is 1. The van der Waals surface area contributed by atoms with E-state index in [1.165, 1.54) is 0 Å². The molecule has 0 atom stereocenters. The van der Waals surface area contributed by atoms with Gasteiger partial charge in [-0.1, -0.05) is 46.3 Å². The zero-order valence-electron chi connectivity index (χ0n) is 19.4. The van der Waals surface area contributed by atoms with E-state index < -0.39 is 5.97 Å². The second-order valence-corrected chi connectivity index (χ2v) is 9.36. The monoisotopic (exact) mass is 567 g/mol. The summed E-state index contributed by atoms with van der Waals surface area (Å²) in [6.45, 7) is 0.349. The molecule has 0 bridgehead atoms. The summed E-state index contributed by atoms with van der Waals surface area (Å²) in [5.74, 6) is 1.12. The Morgan fingerprint density at radius 1 is 1.06 bits per heavy atom. The fourth-order valence-corrected chi connectivity index (χ4v) is 4.18. The second-order valence-electron chi connectivity index (χ2n) is 7.44. The SMILES string of the molecule is COc1cc(OC)cc(-c2nc(S/C(=C\c3ccccc3OCc3ccc(Br)cc3)C(=O)O)n[nH]2)c1.